The summed E-state index contributed by atoms with van der Waals surface area (Å²) in [5.41, 5.74) is 2.91. The number of amides is 4. The number of carbonyl (C=O) groups is 3. The average molecular weight is 535 g/mol. The molecule has 2 fully saturated rings. The van der Waals surface area contributed by atoms with Crippen LogP contribution in [0.15, 0.2) is 23.6 Å². The average Bonchev–Trinajstić information content (AvgIpc) is 3.32. The first-order valence-electron chi connectivity index (χ1n) is 12.0. The minimum Gasteiger partial charge on any atom is -0.450 e. The van der Waals surface area contributed by atoms with E-state index in [2.05, 4.69) is 22.1 Å². The highest BCUT2D eigenvalue weighted by Crippen LogP contribution is 2.25. The molecule has 1 aromatic carbocycles. The van der Waals surface area contributed by atoms with Gasteiger partial charge in [0.2, 0.25) is 5.91 Å². The molecule has 194 valence electrons. The van der Waals surface area contributed by atoms with E-state index in [4.69, 9.17) is 16.3 Å². The van der Waals surface area contributed by atoms with Gasteiger partial charge in [-0.3, -0.25) is 10.1 Å². The van der Waals surface area contributed by atoms with E-state index < -0.39 is 0 Å². The Kier molecular flexibility index (Phi) is 8.52. The Morgan fingerprint density at radius 2 is 1.69 bits per heavy atom. The predicted molar refractivity (Wildman–Crippen MR) is 140 cm³/mol. The van der Waals surface area contributed by atoms with Crippen LogP contribution in [-0.2, 0) is 16.0 Å². The van der Waals surface area contributed by atoms with Gasteiger partial charge in [0.1, 0.15) is 0 Å². The molecule has 0 bridgehead atoms. The summed E-state index contributed by atoms with van der Waals surface area (Å²) in [5.74, 6) is 0.0238. The SMILES string of the molecule is CCOC(=O)N1CCN(C(=O)Nc2nc(CC(=O)N3CCN(c4cc(Cl)ccc4C)CC3)cs2)CC1. The van der Waals surface area contributed by atoms with Crippen LogP contribution in [0.1, 0.15) is 18.2 Å². The lowest BCUT2D eigenvalue weighted by Crippen LogP contribution is -2.51. The fourth-order valence-corrected chi connectivity index (χ4v) is 5.18. The van der Waals surface area contributed by atoms with E-state index in [1.165, 1.54) is 11.3 Å². The maximum Gasteiger partial charge on any atom is 0.409 e. The molecule has 1 aromatic heterocycles. The van der Waals surface area contributed by atoms with E-state index in [1.54, 1.807) is 22.1 Å². The van der Waals surface area contributed by atoms with E-state index in [-0.39, 0.29) is 24.5 Å². The Balaban J connectivity index is 1.23. The molecule has 1 N–H and O–H groups in total. The van der Waals surface area contributed by atoms with Gasteiger partial charge in [-0.15, -0.1) is 11.3 Å². The lowest BCUT2D eigenvalue weighted by atomic mass is 10.1. The number of anilines is 2. The maximum absolute atomic E-state index is 12.9. The molecule has 0 atom stereocenters. The van der Waals surface area contributed by atoms with Crippen molar-refractivity contribution in [3.05, 3.63) is 39.9 Å². The summed E-state index contributed by atoms with van der Waals surface area (Å²) in [6.45, 7) is 8.60. The van der Waals surface area contributed by atoms with Crippen LogP contribution in [0.5, 0.6) is 0 Å². The van der Waals surface area contributed by atoms with Crippen LogP contribution in [0, 0.1) is 6.92 Å². The fourth-order valence-electron chi connectivity index (χ4n) is 4.31. The van der Waals surface area contributed by atoms with Crippen molar-refractivity contribution in [3.63, 3.8) is 0 Å². The molecule has 12 heteroatoms. The van der Waals surface area contributed by atoms with Crippen LogP contribution >= 0.6 is 22.9 Å². The van der Waals surface area contributed by atoms with Crippen LogP contribution in [0.2, 0.25) is 5.02 Å². The summed E-state index contributed by atoms with van der Waals surface area (Å²) in [6, 6.07) is 5.60. The van der Waals surface area contributed by atoms with Crippen molar-refractivity contribution in [1.29, 1.82) is 0 Å². The Hall–Kier alpha value is -3.05. The number of halogens is 1. The fraction of sp³-hybridized carbons (Fsp3) is 0.500. The third kappa shape index (κ3) is 6.38. The highest BCUT2D eigenvalue weighted by atomic mass is 35.5. The Morgan fingerprint density at radius 1 is 1.03 bits per heavy atom. The first kappa shape index (κ1) is 26.0. The minimum atomic E-state index is -0.354. The second-order valence-electron chi connectivity index (χ2n) is 8.72. The van der Waals surface area contributed by atoms with Crippen molar-refractivity contribution < 1.29 is 19.1 Å². The Labute approximate surface area is 219 Å². The number of nitrogens with zero attached hydrogens (tertiary/aromatic N) is 5. The molecule has 0 aliphatic carbocycles. The Morgan fingerprint density at radius 3 is 2.39 bits per heavy atom. The first-order chi connectivity index (χ1) is 17.3. The van der Waals surface area contributed by atoms with E-state index in [9.17, 15) is 14.4 Å². The molecule has 36 heavy (non-hydrogen) atoms. The molecular weight excluding hydrogens is 504 g/mol. The van der Waals surface area contributed by atoms with Crippen LogP contribution in [0.25, 0.3) is 0 Å². The van der Waals surface area contributed by atoms with Crippen molar-refractivity contribution in [3.8, 4) is 0 Å². The van der Waals surface area contributed by atoms with Gasteiger partial charge in [0.25, 0.3) is 0 Å². The second-order valence-corrected chi connectivity index (χ2v) is 10.0. The number of piperazine rings is 2. The molecule has 4 rings (SSSR count). The van der Waals surface area contributed by atoms with Gasteiger partial charge in [0.05, 0.1) is 18.7 Å². The molecule has 2 aliphatic rings. The van der Waals surface area contributed by atoms with Crippen LogP contribution in [-0.4, -0.2) is 96.7 Å². The van der Waals surface area contributed by atoms with E-state index >= 15 is 0 Å². The largest absolute Gasteiger partial charge is 0.450 e. The van der Waals surface area contributed by atoms with Crippen molar-refractivity contribution >= 4 is 51.8 Å². The van der Waals surface area contributed by atoms with E-state index in [1.807, 2.05) is 23.1 Å². The third-order valence-electron chi connectivity index (χ3n) is 6.34. The topological polar surface area (TPSA) is 98.3 Å². The maximum atomic E-state index is 12.9. The second kappa shape index (κ2) is 11.8. The highest BCUT2D eigenvalue weighted by molar-refractivity contribution is 7.13. The zero-order chi connectivity index (χ0) is 25.7. The number of carbonyl (C=O) groups excluding carboxylic acids is 3. The van der Waals surface area contributed by atoms with Crippen molar-refractivity contribution in [2.45, 2.75) is 20.3 Å². The predicted octanol–water partition coefficient (Wildman–Crippen LogP) is 3.30. The molecule has 2 aliphatic heterocycles. The number of urea groups is 1. The molecule has 0 radical (unpaired) electrons. The summed E-state index contributed by atoms with van der Waals surface area (Å²) >= 11 is 7.46. The number of nitrogens with one attached hydrogen (secondary N) is 1. The number of benzene rings is 1. The minimum absolute atomic E-state index is 0.0238. The molecule has 0 spiro atoms. The van der Waals surface area contributed by atoms with Gasteiger partial charge in [-0.2, -0.15) is 0 Å². The lowest BCUT2D eigenvalue weighted by molar-refractivity contribution is -0.130. The normalized spacial score (nSPS) is 16.2. The molecule has 2 aromatic rings. The van der Waals surface area contributed by atoms with Gasteiger partial charge in [-0.1, -0.05) is 17.7 Å². The van der Waals surface area contributed by atoms with Crippen molar-refractivity contribution in [2.75, 3.05) is 69.2 Å². The van der Waals surface area contributed by atoms with Crippen LogP contribution in [0.3, 0.4) is 0 Å². The van der Waals surface area contributed by atoms with Crippen molar-refractivity contribution in [2.24, 2.45) is 0 Å². The molecule has 2 saturated heterocycles. The zero-order valence-corrected chi connectivity index (χ0v) is 22.1. The lowest BCUT2D eigenvalue weighted by Gasteiger charge is -2.36. The quantitative estimate of drug-likeness (QED) is 0.632. The number of hydrogen-bond donors (Lipinski definition) is 1. The van der Waals surface area contributed by atoms with Gasteiger partial charge in [-0.05, 0) is 31.5 Å². The molecule has 0 saturated carbocycles. The number of rotatable bonds is 5. The Bertz CT molecular complexity index is 1100. The van der Waals surface area contributed by atoms with Crippen LogP contribution < -0.4 is 10.2 Å². The van der Waals surface area contributed by atoms with Crippen LogP contribution in [0.4, 0.5) is 20.4 Å². The number of aryl methyl sites for hydroxylation is 1. The molecule has 10 nitrogen and oxygen atoms in total. The molecular formula is C24H31ClN6O4S. The summed E-state index contributed by atoms with van der Waals surface area (Å²) in [7, 11) is 0. The first-order valence-corrected chi connectivity index (χ1v) is 13.3. The monoisotopic (exact) mass is 534 g/mol. The number of thiazole rings is 1. The van der Waals surface area contributed by atoms with E-state index in [0.29, 0.717) is 61.7 Å². The third-order valence-corrected chi connectivity index (χ3v) is 7.38. The molecule has 0 unspecified atom stereocenters. The number of ether oxygens (including phenoxy) is 1. The molecule has 4 amide bonds. The van der Waals surface area contributed by atoms with Gasteiger partial charge in [0.15, 0.2) is 5.13 Å². The standard InChI is InChI=1S/C24H31ClN6O4S/c1-3-35-24(34)31-12-10-30(11-13-31)23(33)27-22-26-19(16-36-22)15-21(32)29-8-6-28(7-9-29)20-14-18(25)5-4-17(20)2/h4-5,14,16H,3,6-13,15H2,1-2H3,(H,26,27,33). The van der Waals surface area contributed by atoms with Crippen molar-refractivity contribution in [1.82, 2.24) is 19.7 Å². The highest BCUT2D eigenvalue weighted by Gasteiger charge is 2.26. The summed E-state index contributed by atoms with van der Waals surface area (Å²) in [4.78, 5) is 49.1. The summed E-state index contributed by atoms with van der Waals surface area (Å²) in [6.07, 6.45) is -0.159. The van der Waals surface area contributed by atoms with E-state index in [0.717, 1.165) is 24.3 Å². The van der Waals surface area contributed by atoms with Gasteiger partial charge in [-0.25, -0.2) is 14.6 Å². The number of hydrogen-bond acceptors (Lipinski definition) is 7. The zero-order valence-electron chi connectivity index (χ0n) is 20.5. The number of aromatic nitrogens is 1. The van der Waals surface area contributed by atoms with Gasteiger partial charge < -0.3 is 24.3 Å². The summed E-state index contributed by atoms with van der Waals surface area (Å²) < 4.78 is 5.01. The van der Waals surface area contributed by atoms with Gasteiger partial charge in [0, 0.05) is 68.4 Å². The smallest absolute Gasteiger partial charge is 0.409 e. The molecule has 3 heterocycles. The van der Waals surface area contributed by atoms with Gasteiger partial charge >= 0.3 is 12.1 Å². The summed E-state index contributed by atoms with van der Waals surface area (Å²) in [5, 5.41) is 5.77.